The number of rotatable bonds is 14. The quantitative estimate of drug-likeness (QED) is 0.161. The van der Waals surface area contributed by atoms with Gasteiger partial charge in [0.25, 0.3) is 0 Å². The maximum Gasteiger partial charge on any atom is 0.356 e. The summed E-state index contributed by atoms with van der Waals surface area (Å²) in [4.78, 5) is 0. The van der Waals surface area contributed by atoms with E-state index >= 15 is 0 Å². The van der Waals surface area contributed by atoms with Crippen molar-refractivity contribution in [1.82, 2.24) is 0 Å². The Morgan fingerprint density at radius 1 is 0.703 bits per heavy atom. The molecular formula is C30H39O6P. The third kappa shape index (κ3) is 7.76. The van der Waals surface area contributed by atoms with Crippen molar-refractivity contribution in [2.75, 3.05) is 20.1 Å². The summed E-state index contributed by atoms with van der Waals surface area (Å²) >= 11 is 0. The minimum atomic E-state index is -3.42. The molecule has 0 aliphatic rings. The first-order valence-corrected chi connectivity index (χ1v) is 14.4. The van der Waals surface area contributed by atoms with Crippen molar-refractivity contribution in [1.29, 1.82) is 0 Å². The summed E-state index contributed by atoms with van der Waals surface area (Å²) in [5.74, 6) is 0.765. The zero-order valence-electron chi connectivity index (χ0n) is 22.6. The van der Waals surface area contributed by atoms with Gasteiger partial charge in [0.15, 0.2) is 0 Å². The fourth-order valence-electron chi connectivity index (χ4n) is 4.16. The highest BCUT2D eigenvalue weighted by atomic mass is 31.2. The average molecular weight is 527 g/mol. The van der Waals surface area contributed by atoms with E-state index in [-0.39, 0.29) is 31.3 Å². The van der Waals surface area contributed by atoms with E-state index in [0.29, 0.717) is 0 Å². The van der Waals surface area contributed by atoms with Crippen molar-refractivity contribution in [3.8, 4) is 5.75 Å². The highest BCUT2D eigenvalue weighted by Gasteiger charge is 2.38. The Morgan fingerprint density at radius 2 is 1.16 bits per heavy atom. The Balaban J connectivity index is 1.93. The van der Waals surface area contributed by atoms with Gasteiger partial charge >= 0.3 is 7.60 Å². The molecule has 0 fully saturated rings. The molecular weight excluding hydrogens is 487 g/mol. The van der Waals surface area contributed by atoms with E-state index in [2.05, 4.69) is 24.3 Å². The first-order chi connectivity index (χ1) is 17.7. The van der Waals surface area contributed by atoms with Crippen LogP contribution < -0.4 is 4.74 Å². The maximum absolute atomic E-state index is 13.2. The van der Waals surface area contributed by atoms with E-state index in [4.69, 9.17) is 23.3 Å². The SMILES string of the molecule is COc1ccc(C(OC[C@@H](C)OCP(=O)(OC(C)C)OC(C)C)(c2ccccc2)c2ccccc2)cc1. The fourth-order valence-corrected chi connectivity index (χ4v) is 6.05. The Labute approximate surface area is 221 Å². The molecule has 0 radical (unpaired) electrons. The molecule has 0 aliphatic heterocycles. The molecule has 0 bridgehead atoms. The largest absolute Gasteiger partial charge is 0.497 e. The van der Waals surface area contributed by atoms with E-state index in [0.717, 1.165) is 22.4 Å². The summed E-state index contributed by atoms with van der Waals surface area (Å²) in [6.07, 6.45) is -1.04. The predicted molar refractivity (Wildman–Crippen MR) is 147 cm³/mol. The number of methoxy groups -OCH3 is 1. The van der Waals surface area contributed by atoms with Gasteiger partial charge in [0.05, 0.1) is 32.0 Å². The van der Waals surface area contributed by atoms with Crippen LogP contribution in [0, 0.1) is 0 Å². The minimum Gasteiger partial charge on any atom is -0.497 e. The summed E-state index contributed by atoms with van der Waals surface area (Å²) in [6.45, 7) is 9.43. The second-order valence-corrected chi connectivity index (χ2v) is 11.4. The van der Waals surface area contributed by atoms with Crippen LogP contribution in [0.25, 0.3) is 0 Å². The van der Waals surface area contributed by atoms with Gasteiger partial charge in [0, 0.05) is 0 Å². The Morgan fingerprint density at radius 3 is 1.59 bits per heavy atom. The van der Waals surface area contributed by atoms with Crippen molar-refractivity contribution in [2.45, 2.75) is 58.5 Å². The molecule has 3 rings (SSSR count). The van der Waals surface area contributed by atoms with Crippen molar-refractivity contribution in [3.05, 3.63) is 102 Å². The Kier molecular flexibility index (Phi) is 10.5. The van der Waals surface area contributed by atoms with Gasteiger partial charge in [-0.2, -0.15) is 0 Å². The molecule has 37 heavy (non-hydrogen) atoms. The molecule has 0 saturated heterocycles. The van der Waals surface area contributed by atoms with Gasteiger partial charge in [-0.1, -0.05) is 72.8 Å². The van der Waals surface area contributed by atoms with Gasteiger partial charge < -0.3 is 23.3 Å². The Bertz CT molecular complexity index is 1060. The zero-order valence-corrected chi connectivity index (χ0v) is 23.5. The molecule has 3 aromatic carbocycles. The van der Waals surface area contributed by atoms with Gasteiger partial charge in [-0.05, 0) is 63.4 Å². The highest BCUT2D eigenvalue weighted by Crippen LogP contribution is 2.50. The lowest BCUT2D eigenvalue weighted by molar-refractivity contribution is -0.0531. The topological polar surface area (TPSA) is 63.2 Å². The normalized spacial score (nSPS) is 13.2. The third-order valence-corrected chi connectivity index (χ3v) is 7.60. The van der Waals surface area contributed by atoms with Crippen LogP contribution in [-0.2, 0) is 28.7 Å². The van der Waals surface area contributed by atoms with E-state index in [1.165, 1.54) is 0 Å². The monoisotopic (exact) mass is 526 g/mol. The molecule has 6 nitrogen and oxygen atoms in total. The van der Waals surface area contributed by atoms with Crippen molar-refractivity contribution in [3.63, 3.8) is 0 Å². The van der Waals surface area contributed by atoms with Crippen LogP contribution in [0.1, 0.15) is 51.3 Å². The molecule has 7 heteroatoms. The molecule has 0 aromatic heterocycles. The van der Waals surface area contributed by atoms with Crippen molar-refractivity contribution >= 4 is 7.60 Å². The fraction of sp³-hybridized carbons (Fsp3) is 0.400. The third-order valence-electron chi connectivity index (χ3n) is 5.65. The molecule has 0 saturated carbocycles. The van der Waals surface area contributed by atoms with Crippen LogP contribution in [0.3, 0.4) is 0 Å². The highest BCUT2D eigenvalue weighted by molar-refractivity contribution is 7.53. The molecule has 3 aromatic rings. The summed E-state index contributed by atoms with van der Waals surface area (Å²) < 4.78 is 42.7. The van der Waals surface area contributed by atoms with Gasteiger partial charge in [-0.25, -0.2) is 0 Å². The van der Waals surface area contributed by atoms with E-state index in [1.54, 1.807) is 7.11 Å². The van der Waals surface area contributed by atoms with Crippen LogP contribution in [0.5, 0.6) is 5.75 Å². The van der Waals surface area contributed by atoms with Crippen LogP contribution in [0.4, 0.5) is 0 Å². The summed E-state index contributed by atoms with van der Waals surface area (Å²) in [5, 5.41) is 0. The number of hydrogen-bond acceptors (Lipinski definition) is 6. The average Bonchev–Trinajstić information content (AvgIpc) is 2.88. The summed E-state index contributed by atoms with van der Waals surface area (Å²) in [7, 11) is -1.78. The lowest BCUT2D eigenvalue weighted by atomic mass is 9.80. The number of benzene rings is 3. The van der Waals surface area contributed by atoms with E-state index < -0.39 is 13.2 Å². The standard InChI is InChI=1S/C30H39O6P/c1-23(2)35-37(31,36-24(3)4)22-33-25(5)21-34-30(26-13-9-7-10-14-26,27-15-11-8-12-16-27)28-17-19-29(32-6)20-18-28/h7-20,23-25H,21-22H2,1-6H3/t25-/m1/s1. The maximum atomic E-state index is 13.2. The summed E-state index contributed by atoms with van der Waals surface area (Å²) in [6, 6.07) is 28.1. The molecule has 0 N–H and O–H groups in total. The molecule has 0 heterocycles. The van der Waals surface area contributed by atoms with Crippen LogP contribution in [-0.4, -0.2) is 38.4 Å². The van der Waals surface area contributed by atoms with Crippen molar-refractivity contribution < 1.29 is 27.8 Å². The van der Waals surface area contributed by atoms with Gasteiger partial charge in [0.1, 0.15) is 17.7 Å². The Hall–Kier alpha value is -2.47. The first kappa shape index (κ1) is 29.1. The molecule has 0 amide bonds. The predicted octanol–water partition coefficient (Wildman–Crippen LogP) is 7.41. The number of hydrogen-bond donors (Lipinski definition) is 0. The van der Waals surface area contributed by atoms with Crippen LogP contribution in [0.15, 0.2) is 84.9 Å². The number of ether oxygens (including phenoxy) is 3. The smallest absolute Gasteiger partial charge is 0.356 e. The lowest BCUT2D eigenvalue weighted by Gasteiger charge is -2.37. The molecule has 200 valence electrons. The van der Waals surface area contributed by atoms with Crippen LogP contribution in [0.2, 0.25) is 0 Å². The van der Waals surface area contributed by atoms with Gasteiger partial charge in [-0.3, -0.25) is 4.57 Å². The van der Waals surface area contributed by atoms with Gasteiger partial charge in [0.2, 0.25) is 0 Å². The van der Waals surface area contributed by atoms with Crippen molar-refractivity contribution in [2.24, 2.45) is 0 Å². The summed E-state index contributed by atoms with van der Waals surface area (Å²) in [5.41, 5.74) is 2.01. The molecule has 0 spiro atoms. The second-order valence-electron chi connectivity index (χ2n) is 9.48. The zero-order chi connectivity index (χ0) is 26.9. The molecule has 1 atom stereocenters. The molecule has 0 unspecified atom stereocenters. The van der Waals surface area contributed by atoms with E-state index in [1.807, 2.05) is 95.3 Å². The van der Waals surface area contributed by atoms with Crippen LogP contribution >= 0.6 is 7.60 Å². The first-order valence-electron chi connectivity index (χ1n) is 12.7. The van der Waals surface area contributed by atoms with Gasteiger partial charge in [-0.15, -0.1) is 0 Å². The van der Waals surface area contributed by atoms with E-state index in [9.17, 15) is 4.57 Å². The minimum absolute atomic E-state index is 0.153. The molecule has 0 aliphatic carbocycles. The lowest BCUT2D eigenvalue weighted by Crippen LogP contribution is -2.36. The second kappa shape index (κ2) is 13.4.